The summed E-state index contributed by atoms with van der Waals surface area (Å²) in [7, 11) is -1.84. The molecule has 0 aliphatic carbocycles. The Labute approximate surface area is 181 Å². The number of anilines is 1. The molecular formula is C17H19IN4O4S2. The lowest BCUT2D eigenvalue weighted by molar-refractivity contribution is 0.306. The van der Waals surface area contributed by atoms with Gasteiger partial charge in [0.2, 0.25) is 0 Å². The summed E-state index contributed by atoms with van der Waals surface area (Å²) in [6.07, 6.45) is 3.17. The maximum atomic E-state index is 11.2. The molecule has 0 saturated heterocycles. The number of nitrogens with zero attached hydrogens (tertiary/aromatic N) is 3. The molecule has 8 nitrogen and oxygen atoms in total. The lowest BCUT2D eigenvalue weighted by Crippen LogP contribution is -2.08. The van der Waals surface area contributed by atoms with Crippen molar-refractivity contribution >= 4 is 61.3 Å². The number of nitrogen functional groups attached to an aromatic ring is 1. The number of aromatic nitrogens is 3. The zero-order chi connectivity index (χ0) is 20.3. The van der Waals surface area contributed by atoms with E-state index in [1.54, 1.807) is 13.3 Å². The van der Waals surface area contributed by atoms with Gasteiger partial charge in [0.15, 0.2) is 11.0 Å². The van der Waals surface area contributed by atoms with E-state index in [9.17, 15) is 8.42 Å². The molecule has 2 N–H and O–H groups in total. The van der Waals surface area contributed by atoms with Gasteiger partial charge in [0.1, 0.15) is 11.3 Å². The molecule has 0 spiro atoms. The standard InChI is InChI=1S/C17H19IN4O4S2/c1-25-11-4-5-12(18)14(10-11)27-17-21-15-13(6-7-20-16(15)19)22(17)8-3-9-26-28(2,23)24/h4-7,10H,3,8-9H2,1-2H3,(H2,19,20). The third-order valence-corrected chi connectivity index (χ3v) is 6.78. The molecule has 0 amide bonds. The number of fused-ring (bicyclic) bond motifs is 1. The average molecular weight is 534 g/mol. The Morgan fingerprint density at radius 3 is 2.82 bits per heavy atom. The van der Waals surface area contributed by atoms with Crippen LogP contribution in [0, 0.1) is 3.57 Å². The summed E-state index contributed by atoms with van der Waals surface area (Å²) in [6.45, 7) is 0.623. The van der Waals surface area contributed by atoms with Crippen LogP contribution in [0.25, 0.3) is 11.0 Å². The molecule has 3 aromatic rings. The minimum Gasteiger partial charge on any atom is -0.497 e. The first kappa shape index (κ1) is 21.1. The fourth-order valence-electron chi connectivity index (χ4n) is 2.57. The van der Waals surface area contributed by atoms with E-state index in [0.29, 0.717) is 24.3 Å². The molecule has 2 heterocycles. The van der Waals surface area contributed by atoms with Gasteiger partial charge in [-0.3, -0.25) is 4.18 Å². The van der Waals surface area contributed by atoms with Gasteiger partial charge in [-0.05, 0) is 53.3 Å². The molecule has 2 aromatic heterocycles. The highest BCUT2D eigenvalue weighted by molar-refractivity contribution is 14.1. The summed E-state index contributed by atoms with van der Waals surface area (Å²) in [4.78, 5) is 9.77. The number of aryl methyl sites for hydroxylation is 1. The molecule has 0 aliphatic rings. The van der Waals surface area contributed by atoms with Crippen molar-refractivity contribution < 1.29 is 17.3 Å². The Morgan fingerprint density at radius 2 is 2.11 bits per heavy atom. The number of imidazole rings is 1. The van der Waals surface area contributed by atoms with Crippen molar-refractivity contribution in [2.45, 2.75) is 23.0 Å². The topological polar surface area (TPSA) is 109 Å². The van der Waals surface area contributed by atoms with Crippen molar-refractivity contribution in [2.75, 3.05) is 25.7 Å². The predicted octanol–water partition coefficient (Wildman–Crippen LogP) is 3.14. The fourth-order valence-corrected chi connectivity index (χ4v) is 4.63. The molecule has 0 bridgehead atoms. The summed E-state index contributed by atoms with van der Waals surface area (Å²) in [5.74, 6) is 1.11. The van der Waals surface area contributed by atoms with E-state index in [1.807, 2.05) is 28.8 Å². The number of nitrogens with two attached hydrogens (primary N) is 1. The lowest BCUT2D eigenvalue weighted by Gasteiger charge is -2.10. The molecule has 0 radical (unpaired) electrons. The van der Waals surface area contributed by atoms with E-state index in [4.69, 9.17) is 14.7 Å². The molecule has 3 rings (SSSR count). The van der Waals surface area contributed by atoms with Gasteiger partial charge in [-0.1, -0.05) is 11.8 Å². The molecule has 150 valence electrons. The minimum absolute atomic E-state index is 0.0971. The van der Waals surface area contributed by atoms with E-state index < -0.39 is 10.1 Å². The first-order chi connectivity index (χ1) is 13.3. The number of hydrogen-bond donors (Lipinski definition) is 1. The molecule has 0 fully saturated rings. The van der Waals surface area contributed by atoms with Crippen molar-refractivity contribution in [2.24, 2.45) is 0 Å². The summed E-state index contributed by atoms with van der Waals surface area (Å²) in [6, 6.07) is 7.67. The Hall–Kier alpha value is -1.57. The van der Waals surface area contributed by atoms with Gasteiger partial charge >= 0.3 is 0 Å². The lowest BCUT2D eigenvalue weighted by atomic mass is 10.3. The summed E-state index contributed by atoms with van der Waals surface area (Å²) < 4.78 is 35.6. The van der Waals surface area contributed by atoms with Gasteiger partial charge in [0.05, 0.1) is 25.5 Å². The van der Waals surface area contributed by atoms with Gasteiger partial charge in [-0.25, -0.2) is 9.97 Å². The van der Waals surface area contributed by atoms with E-state index in [0.717, 1.165) is 31.1 Å². The maximum absolute atomic E-state index is 11.2. The van der Waals surface area contributed by atoms with Gasteiger partial charge < -0.3 is 15.0 Å². The van der Waals surface area contributed by atoms with E-state index >= 15 is 0 Å². The fraction of sp³-hybridized carbons (Fsp3) is 0.294. The second-order valence-corrected chi connectivity index (χ2v) is 9.70. The average Bonchev–Trinajstić information content (AvgIpc) is 2.98. The van der Waals surface area contributed by atoms with Crippen LogP contribution in [-0.4, -0.2) is 42.9 Å². The highest BCUT2D eigenvalue weighted by Crippen LogP contribution is 2.36. The zero-order valence-electron chi connectivity index (χ0n) is 15.3. The van der Waals surface area contributed by atoms with Crippen LogP contribution in [0.15, 0.2) is 40.5 Å². The predicted molar refractivity (Wildman–Crippen MR) is 117 cm³/mol. The summed E-state index contributed by atoms with van der Waals surface area (Å²) >= 11 is 3.75. The molecule has 11 heteroatoms. The normalized spacial score (nSPS) is 11.8. The Bertz CT molecular complexity index is 1100. The van der Waals surface area contributed by atoms with Gasteiger partial charge in [-0.2, -0.15) is 8.42 Å². The van der Waals surface area contributed by atoms with Gasteiger partial charge in [0, 0.05) is 21.2 Å². The van der Waals surface area contributed by atoms with E-state index in [-0.39, 0.29) is 6.61 Å². The van der Waals surface area contributed by atoms with Crippen LogP contribution in [0.4, 0.5) is 5.82 Å². The largest absolute Gasteiger partial charge is 0.497 e. The Kier molecular flexibility index (Phi) is 6.68. The van der Waals surface area contributed by atoms with Crippen LogP contribution in [0.3, 0.4) is 0 Å². The molecular weight excluding hydrogens is 515 g/mol. The second kappa shape index (κ2) is 8.84. The number of rotatable bonds is 8. The van der Waals surface area contributed by atoms with Crippen LogP contribution in [0.2, 0.25) is 0 Å². The van der Waals surface area contributed by atoms with Crippen molar-refractivity contribution in [3.63, 3.8) is 0 Å². The molecule has 1 aromatic carbocycles. The van der Waals surface area contributed by atoms with Crippen molar-refractivity contribution in [1.82, 2.24) is 14.5 Å². The second-order valence-electron chi connectivity index (χ2n) is 5.89. The third-order valence-electron chi connectivity index (χ3n) is 3.82. The van der Waals surface area contributed by atoms with E-state index in [1.165, 1.54) is 11.8 Å². The molecule has 0 unspecified atom stereocenters. The maximum Gasteiger partial charge on any atom is 0.264 e. The van der Waals surface area contributed by atoms with Crippen LogP contribution in [0.1, 0.15) is 6.42 Å². The number of hydrogen-bond acceptors (Lipinski definition) is 8. The quantitative estimate of drug-likeness (QED) is 0.267. The Morgan fingerprint density at radius 1 is 1.32 bits per heavy atom. The molecule has 28 heavy (non-hydrogen) atoms. The van der Waals surface area contributed by atoms with Crippen molar-refractivity contribution in [3.05, 3.63) is 34.0 Å². The minimum atomic E-state index is -3.46. The molecule has 0 atom stereocenters. The van der Waals surface area contributed by atoms with E-state index in [2.05, 4.69) is 32.6 Å². The number of methoxy groups -OCH3 is 1. The number of ether oxygens (including phenoxy) is 1. The summed E-state index contributed by atoms with van der Waals surface area (Å²) in [5, 5.41) is 0.736. The van der Waals surface area contributed by atoms with Gasteiger partial charge in [0.25, 0.3) is 10.1 Å². The monoisotopic (exact) mass is 534 g/mol. The highest BCUT2D eigenvalue weighted by atomic mass is 127. The number of benzene rings is 1. The van der Waals surface area contributed by atoms with Gasteiger partial charge in [-0.15, -0.1) is 0 Å². The van der Waals surface area contributed by atoms with Crippen LogP contribution >= 0.6 is 34.4 Å². The highest BCUT2D eigenvalue weighted by Gasteiger charge is 2.16. The number of pyridine rings is 1. The Balaban J connectivity index is 1.93. The zero-order valence-corrected chi connectivity index (χ0v) is 19.0. The number of halogens is 1. The smallest absolute Gasteiger partial charge is 0.264 e. The first-order valence-electron chi connectivity index (χ1n) is 8.25. The van der Waals surface area contributed by atoms with Crippen LogP contribution < -0.4 is 10.5 Å². The molecule has 0 aliphatic heterocycles. The SMILES string of the molecule is COc1ccc(I)c(Sc2nc3c(N)nccc3n2CCCOS(C)(=O)=O)c1. The first-order valence-corrected chi connectivity index (χ1v) is 12.0. The van der Waals surface area contributed by atoms with Crippen molar-refractivity contribution in [3.8, 4) is 5.75 Å². The van der Waals surface area contributed by atoms with Crippen LogP contribution in [0.5, 0.6) is 5.75 Å². The van der Waals surface area contributed by atoms with Crippen LogP contribution in [-0.2, 0) is 20.8 Å². The third kappa shape index (κ3) is 5.07. The van der Waals surface area contributed by atoms with Crippen molar-refractivity contribution in [1.29, 1.82) is 0 Å². The molecule has 0 saturated carbocycles. The summed E-state index contributed by atoms with van der Waals surface area (Å²) in [5.41, 5.74) is 7.46.